The number of piperazine rings is 1. The average Bonchev–Trinajstić information content (AvgIpc) is 2.05. The van der Waals surface area contributed by atoms with Crippen molar-refractivity contribution in [1.82, 2.24) is 15.1 Å². The van der Waals surface area contributed by atoms with Gasteiger partial charge in [-0.1, -0.05) is 0 Å². The van der Waals surface area contributed by atoms with Gasteiger partial charge in [-0.2, -0.15) is 0 Å². The Morgan fingerprint density at radius 3 is 1.85 bits per heavy atom. The Morgan fingerprint density at radius 2 is 1.62 bits per heavy atom. The first kappa shape index (κ1) is 12.8. The van der Waals surface area contributed by atoms with E-state index in [2.05, 4.69) is 10.2 Å². The van der Waals surface area contributed by atoms with Crippen molar-refractivity contribution in [3.8, 4) is 0 Å². The molecule has 3 N–H and O–H groups in total. The van der Waals surface area contributed by atoms with Crippen LogP contribution in [0.5, 0.6) is 0 Å². The highest BCUT2D eigenvalue weighted by Gasteiger charge is 2.11. The van der Waals surface area contributed by atoms with Crippen LogP contribution in [0.3, 0.4) is 0 Å². The van der Waals surface area contributed by atoms with Gasteiger partial charge in [0, 0.05) is 26.2 Å². The molecule has 1 aliphatic heterocycles. The van der Waals surface area contributed by atoms with E-state index in [1.54, 1.807) is 0 Å². The first-order chi connectivity index (χ1) is 6.04. The van der Waals surface area contributed by atoms with Crippen LogP contribution in [0.1, 0.15) is 6.92 Å². The SMILES string of the molecule is CC(N)N1CCNCC1.CN(C)C. The zero-order valence-electron chi connectivity index (χ0n) is 9.38. The Hall–Kier alpha value is -0.160. The van der Waals surface area contributed by atoms with Gasteiger partial charge in [-0.3, -0.25) is 4.90 Å². The molecule has 0 amide bonds. The lowest BCUT2D eigenvalue weighted by molar-refractivity contribution is 0.188. The lowest BCUT2D eigenvalue weighted by atomic mass is 10.3. The summed E-state index contributed by atoms with van der Waals surface area (Å²) in [5, 5.41) is 3.27. The summed E-state index contributed by atoms with van der Waals surface area (Å²) in [5.74, 6) is 0. The Morgan fingerprint density at radius 1 is 1.23 bits per heavy atom. The van der Waals surface area contributed by atoms with Crippen LogP contribution in [0.2, 0.25) is 0 Å². The molecule has 4 nitrogen and oxygen atoms in total. The molecular weight excluding hydrogens is 164 g/mol. The molecule has 1 rings (SSSR count). The molecule has 1 saturated heterocycles. The summed E-state index contributed by atoms with van der Waals surface area (Å²) in [6, 6.07) is 0. The first-order valence-corrected chi connectivity index (χ1v) is 4.85. The molecule has 1 fully saturated rings. The number of nitrogens with zero attached hydrogens (tertiary/aromatic N) is 2. The summed E-state index contributed by atoms with van der Waals surface area (Å²) in [6.07, 6.45) is 0.229. The quantitative estimate of drug-likeness (QED) is 0.575. The fraction of sp³-hybridized carbons (Fsp3) is 1.00. The van der Waals surface area contributed by atoms with Crippen LogP contribution in [0.25, 0.3) is 0 Å². The zero-order chi connectivity index (χ0) is 10.3. The van der Waals surface area contributed by atoms with Crippen molar-refractivity contribution in [2.24, 2.45) is 5.73 Å². The number of nitrogens with one attached hydrogen (secondary N) is 1. The molecule has 0 spiro atoms. The minimum atomic E-state index is 0.229. The second-order valence-electron chi connectivity index (χ2n) is 3.87. The van der Waals surface area contributed by atoms with E-state index in [-0.39, 0.29) is 6.17 Å². The normalized spacial score (nSPS) is 20.8. The maximum atomic E-state index is 5.67. The smallest absolute Gasteiger partial charge is 0.0543 e. The van der Waals surface area contributed by atoms with E-state index in [9.17, 15) is 0 Å². The topological polar surface area (TPSA) is 44.5 Å². The Balaban J connectivity index is 0.000000310. The third kappa shape index (κ3) is 8.18. The van der Waals surface area contributed by atoms with Gasteiger partial charge in [0.15, 0.2) is 0 Å². The molecule has 0 saturated carbocycles. The molecule has 1 aliphatic rings. The van der Waals surface area contributed by atoms with Crippen molar-refractivity contribution >= 4 is 0 Å². The number of hydrogen-bond donors (Lipinski definition) is 2. The second-order valence-corrected chi connectivity index (χ2v) is 3.87. The average molecular weight is 188 g/mol. The van der Waals surface area contributed by atoms with E-state index >= 15 is 0 Å². The molecule has 1 atom stereocenters. The number of hydrogen-bond acceptors (Lipinski definition) is 4. The van der Waals surface area contributed by atoms with Gasteiger partial charge in [0.2, 0.25) is 0 Å². The maximum Gasteiger partial charge on any atom is 0.0543 e. The van der Waals surface area contributed by atoms with Gasteiger partial charge < -0.3 is 16.0 Å². The van der Waals surface area contributed by atoms with Gasteiger partial charge in [0.25, 0.3) is 0 Å². The summed E-state index contributed by atoms with van der Waals surface area (Å²) in [7, 11) is 6.00. The fourth-order valence-electron chi connectivity index (χ4n) is 1.09. The molecule has 0 bridgehead atoms. The van der Waals surface area contributed by atoms with Crippen LogP contribution in [0.15, 0.2) is 0 Å². The van der Waals surface area contributed by atoms with Crippen molar-refractivity contribution in [3.05, 3.63) is 0 Å². The van der Waals surface area contributed by atoms with E-state index in [1.165, 1.54) is 0 Å². The molecule has 0 aliphatic carbocycles. The molecular formula is C9H24N4. The molecule has 0 aromatic carbocycles. The monoisotopic (exact) mass is 188 g/mol. The van der Waals surface area contributed by atoms with Gasteiger partial charge >= 0.3 is 0 Å². The highest BCUT2D eigenvalue weighted by Crippen LogP contribution is 1.93. The van der Waals surface area contributed by atoms with Crippen LogP contribution in [0, 0.1) is 0 Å². The predicted molar refractivity (Wildman–Crippen MR) is 57.7 cm³/mol. The number of nitrogens with two attached hydrogens (primary N) is 1. The lowest BCUT2D eigenvalue weighted by Crippen LogP contribution is -2.50. The highest BCUT2D eigenvalue weighted by atomic mass is 15.2. The van der Waals surface area contributed by atoms with E-state index in [1.807, 2.05) is 33.0 Å². The van der Waals surface area contributed by atoms with Crippen molar-refractivity contribution in [3.63, 3.8) is 0 Å². The molecule has 80 valence electrons. The molecule has 0 radical (unpaired) electrons. The summed E-state index contributed by atoms with van der Waals surface area (Å²) < 4.78 is 0. The zero-order valence-corrected chi connectivity index (χ0v) is 9.38. The minimum Gasteiger partial charge on any atom is -0.316 e. The molecule has 4 heteroatoms. The third-order valence-corrected chi connectivity index (χ3v) is 1.73. The van der Waals surface area contributed by atoms with Gasteiger partial charge in [-0.15, -0.1) is 0 Å². The number of rotatable bonds is 1. The lowest BCUT2D eigenvalue weighted by Gasteiger charge is -2.30. The summed E-state index contributed by atoms with van der Waals surface area (Å²) in [5.41, 5.74) is 5.67. The van der Waals surface area contributed by atoms with Crippen LogP contribution in [0.4, 0.5) is 0 Å². The standard InChI is InChI=1S/C6H15N3.C3H9N/c1-6(7)9-4-2-8-3-5-9;1-4(2)3/h6,8H,2-5,7H2,1H3;1-3H3. The Bertz CT molecular complexity index is 105. The molecule has 0 aromatic heterocycles. The fourth-order valence-corrected chi connectivity index (χ4v) is 1.09. The van der Waals surface area contributed by atoms with Gasteiger partial charge in [0.1, 0.15) is 0 Å². The van der Waals surface area contributed by atoms with Crippen LogP contribution in [-0.4, -0.2) is 63.3 Å². The van der Waals surface area contributed by atoms with Crippen LogP contribution < -0.4 is 11.1 Å². The molecule has 13 heavy (non-hydrogen) atoms. The van der Waals surface area contributed by atoms with Crippen molar-refractivity contribution in [2.45, 2.75) is 13.1 Å². The van der Waals surface area contributed by atoms with Crippen LogP contribution >= 0.6 is 0 Å². The summed E-state index contributed by atoms with van der Waals surface area (Å²) in [4.78, 5) is 4.27. The molecule has 1 heterocycles. The molecule has 1 unspecified atom stereocenters. The van der Waals surface area contributed by atoms with E-state index in [4.69, 9.17) is 5.73 Å². The summed E-state index contributed by atoms with van der Waals surface area (Å²) in [6.45, 7) is 6.39. The minimum absolute atomic E-state index is 0.229. The van der Waals surface area contributed by atoms with Crippen molar-refractivity contribution in [1.29, 1.82) is 0 Å². The second kappa shape index (κ2) is 7.26. The van der Waals surface area contributed by atoms with Gasteiger partial charge in [-0.25, -0.2) is 0 Å². The predicted octanol–water partition coefficient (Wildman–Crippen LogP) is -0.626. The van der Waals surface area contributed by atoms with E-state index < -0.39 is 0 Å². The first-order valence-electron chi connectivity index (χ1n) is 4.85. The Labute approximate surface area is 82.1 Å². The maximum absolute atomic E-state index is 5.67. The van der Waals surface area contributed by atoms with Crippen molar-refractivity contribution < 1.29 is 0 Å². The largest absolute Gasteiger partial charge is 0.316 e. The highest BCUT2D eigenvalue weighted by molar-refractivity contribution is 4.69. The van der Waals surface area contributed by atoms with Gasteiger partial charge in [0.05, 0.1) is 6.17 Å². The summed E-state index contributed by atoms with van der Waals surface area (Å²) >= 11 is 0. The van der Waals surface area contributed by atoms with Crippen molar-refractivity contribution in [2.75, 3.05) is 47.3 Å². The van der Waals surface area contributed by atoms with E-state index in [0.29, 0.717) is 0 Å². The van der Waals surface area contributed by atoms with E-state index in [0.717, 1.165) is 26.2 Å². The molecule has 0 aromatic rings. The van der Waals surface area contributed by atoms with Gasteiger partial charge in [-0.05, 0) is 28.1 Å². The van der Waals surface area contributed by atoms with Crippen LogP contribution in [-0.2, 0) is 0 Å². The third-order valence-electron chi connectivity index (χ3n) is 1.73. The Kier molecular flexibility index (Phi) is 7.17.